The third kappa shape index (κ3) is 5.57. The minimum Gasteiger partial charge on any atom is -0.396 e. The normalized spacial score (nSPS) is 39.2. The fourth-order valence-electron chi connectivity index (χ4n) is 10.4. The molecule has 0 spiro atoms. The summed E-state index contributed by atoms with van der Waals surface area (Å²) < 4.78 is 5.82. The van der Waals surface area contributed by atoms with Gasteiger partial charge in [0.2, 0.25) is 5.91 Å². The summed E-state index contributed by atoms with van der Waals surface area (Å²) in [5, 5.41) is 12.9. The van der Waals surface area contributed by atoms with Crippen LogP contribution in [0, 0.1) is 46.3 Å². The monoisotopic (exact) mass is 538 g/mol. The van der Waals surface area contributed by atoms with Crippen LogP contribution in [-0.2, 0) is 16.1 Å². The van der Waals surface area contributed by atoms with E-state index in [0.717, 1.165) is 42.6 Å². The molecule has 218 valence electrons. The molecule has 5 nitrogen and oxygen atoms in total. The summed E-state index contributed by atoms with van der Waals surface area (Å²) in [5.74, 6) is 4.42. The molecule has 0 saturated heterocycles. The van der Waals surface area contributed by atoms with E-state index < -0.39 is 6.04 Å². The first-order valence-electron chi connectivity index (χ1n) is 16.1. The smallest absolute Gasteiger partial charge is 0.239 e. The molecule has 10 atom stereocenters. The van der Waals surface area contributed by atoms with Crippen molar-refractivity contribution < 1.29 is 14.6 Å². The van der Waals surface area contributed by atoms with Gasteiger partial charge < -0.3 is 20.9 Å². The molecule has 0 aromatic heterocycles. The molecule has 1 amide bonds. The molecule has 4 saturated carbocycles. The Morgan fingerprint density at radius 2 is 1.87 bits per heavy atom. The third-order valence-corrected chi connectivity index (χ3v) is 12.4. The van der Waals surface area contributed by atoms with Crippen LogP contribution in [0.1, 0.15) is 97.0 Å². The predicted octanol–water partition coefficient (Wildman–Crippen LogP) is 6.08. The van der Waals surface area contributed by atoms with Gasteiger partial charge in [0.1, 0.15) is 6.04 Å². The Kier molecular flexibility index (Phi) is 9.10. The topological polar surface area (TPSA) is 84.6 Å². The number of carbonyl (C=O) groups excluding carboxylic acids is 1. The second kappa shape index (κ2) is 12.2. The highest BCUT2D eigenvalue weighted by atomic mass is 16.5. The van der Waals surface area contributed by atoms with Crippen LogP contribution in [0.15, 0.2) is 30.3 Å². The first-order chi connectivity index (χ1) is 18.8. The summed E-state index contributed by atoms with van der Waals surface area (Å²) >= 11 is 0. The molecular weight excluding hydrogens is 484 g/mol. The summed E-state index contributed by atoms with van der Waals surface area (Å²) in [5.41, 5.74) is 8.05. The first kappa shape index (κ1) is 29.1. The van der Waals surface area contributed by atoms with E-state index in [1.54, 1.807) is 0 Å². The summed E-state index contributed by atoms with van der Waals surface area (Å²) in [6.45, 7) is 8.64. The lowest BCUT2D eigenvalue weighted by Crippen LogP contribution is -2.63. The van der Waals surface area contributed by atoms with E-state index in [1.807, 2.05) is 30.3 Å². The molecule has 39 heavy (non-hydrogen) atoms. The molecule has 0 aliphatic heterocycles. The standard InChI is InChI=1S/C34H54N2O3/c1-23(9-8-20-37)27-16-17-28-26-15-14-25-12-7-13-31(34(25,3)29(26)18-19-33(27,28)2)36-32(38)30(35)22-39-21-24-10-5-4-6-11-24/h4-6,10-11,23,25-31,37H,7-9,12-22,35H2,1-3H3,(H,36,38)/t23-,25+,26+,27-,28+,29+,30+,31?,33-,34+/m1/s1. The van der Waals surface area contributed by atoms with E-state index in [4.69, 9.17) is 10.5 Å². The average Bonchev–Trinajstić information content (AvgIpc) is 3.30. The van der Waals surface area contributed by atoms with Crippen LogP contribution < -0.4 is 11.1 Å². The third-order valence-electron chi connectivity index (χ3n) is 12.4. The molecule has 4 N–H and O–H groups in total. The number of aliphatic hydroxyl groups excluding tert-OH is 1. The highest BCUT2D eigenvalue weighted by molar-refractivity contribution is 5.82. The number of benzene rings is 1. The van der Waals surface area contributed by atoms with Crippen molar-refractivity contribution in [3.63, 3.8) is 0 Å². The minimum atomic E-state index is -0.636. The highest BCUT2D eigenvalue weighted by Gasteiger charge is 2.62. The zero-order valence-electron chi connectivity index (χ0n) is 24.7. The summed E-state index contributed by atoms with van der Waals surface area (Å²) in [6, 6.07) is 9.64. The summed E-state index contributed by atoms with van der Waals surface area (Å²) in [6.07, 6.45) is 13.7. The highest BCUT2D eigenvalue weighted by Crippen LogP contribution is 2.68. The Bertz CT molecular complexity index is 955. The predicted molar refractivity (Wildman–Crippen MR) is 157 cm³/mol. The molecule has 0 radical (unpaired) electrons. The first-order valence-corrected chi connectivity index (χ1v) is 16.1. The Morgan fingerprint density at radius 1 is 1.08 bits per heavy atom. The van der Waals surface area contributed by atoms with Crippen molar-refractivity contribution in [1.82, 2.24) is 5.32 Å². The Labute approximate surface area is 237 Å². The zero-order valence-corrected chi connectivity index (χ0v) is 24.7. The van der Waals surface area contributed by atoms with Gasteiger partial charge in [0, 0.05) is 12.6 Å². The van der Waals surface area contributed by atoms with E-state index in [1.165, 1.54) is 51.4 Å². The van der Waals surface area contributed by atoms with Gasteiger partial charge in [0.15, 0.2) is 0 Å². The SMILES string of the molecule is C[C@H](CCCO)[C@H]1CC[C@H]2[C@@H]3CC[C@@H]4CCCC(NC(=O)[C@@H](N)COCc5ccccc5)[C@]4(C)[C@H]3CC[C@]12C. The Morgan fingerprint density at radius 3 is 2.64 bits per heavy atom. The fraction of sp³-hybridized carbons (Fsp3) is 0.794. The van der Waals surface area contributed by atoms with Gasteiger partial charge in [-0.1, -0.05) is 57.5 Å². The lowest BCUT2D eigenvalue weighted by Gasteiger charge is -2.63. The number of rotatable bonds is 10. The molecule has 1 unspecified atom stereocenters. The van der Waals surface area contributed by atoms with Crippen molar-refractivity contribution in [2.75, 3.05) is 13.2 Å². The Hall–Kier alpha value is -1.43. The van der Waals surface area contributed by atoms with Gasteiger partial charge in [-0.05, 0) is 116 Å². The van der Waals surface area contributed by atoms with Gasteiger partial charge in [-0.3, -0.25) is 4.79 Å². The lowest BCUT2D eigenvalue weighted by atomic mass is 9.43. The number of hydrogen-bond donors (Lipinski definition) is 3. The second-order valence-electron chi connectivity index (χ2n) is 14.2. The summed E-state index contributed by atoms with van der Waals surface area (Å²) in [7, 11) is 0. The largest absolute Gasteiger partial charge is 0.396 e. The van der Waals surface area contributed by atoms with E-state index >= 15 is 0 Å². The van der Waals surface area contributed by atoms with Crippen LogP contribution in [0.4, 0.5) is 0 Å². The molecule has 0 bridgehead atoms. The van der Waals surface area contributed by atoms with E-state index in [2.05, 4.69) is 26.1 Å². The molecule has 4 aliphatic rings. The van der Waals surface area contributed by atoms with Crippen LogP contribution in [0.5, 0.6) is 0 Å². The molecule has 4 aliphatic carbocycles. The van der Waals surface area contributed by atoms with Crippen LogP contribution in [0.2, 0.25) is 0 Å². The summed E-state index contributed by atoms with van der Waals surface area (Å²) in [4.78, 5) is 13.3. The van der Waals surface area contributed by atoms with Crippen molar-refractivity contribution in [3.8, 4) is 0 Å². The number of ether oxygens (including phenoxy) is 1. The van der Waals surface area contributed by atoms with Gasteiger partial charge >= 0.3 is 0 Å². The van der Waals surface area contributed by atoms with Crippen LogP contribution in [0.25, 0.3) is 0 Å². The zero-order chi connectivity index (χ0) is 27.6. The van der Waals surface area contributed by atoms with Crippen molar-refractivity contribution in [2.45, 2.75) is 110 Å². The minimum absolute atomic E-state index is 0.0450. The number of hydrogen-bond acceptors (Lipinski definition) is 4. The van der Waals surface area contributed by atoms with Gasteiger partial charge in [0.25, 0.3) is 0 Å². The van der Waals surface area contributed by atoms with Crippen molar-refractivity contribution in [3.05, 3.63) is 35.9 Å². The number of fused-ring (bicyclic) bond motifs is 5. The van der Waals surface area contributed by atoms with E-state index in [0.29, 0.717) is 36.4 Å². The molecule has 5 heteroatoms. The molecule has 0 heterocycles. The fourth-order valence-corrected chi connectivity index (χ4v) is 10.4. The number of amides is 1. The van der Waals surface area contributed by atoms with E-state index in [9.17, 15) is 9.90 Å². The average molecular weight is 539 g/mol. The number of nitrogens with one attached hydrogen (secondary N) is 1. The molecule has 1 aromatic rings. The maximum absolute atomic E-state index is 13.3. The maximum Gasteiger partial charge on any atom is 0.239 e. The second-order valence-corrected chi connectivity index (χ2v) is 14.2. The van der Waals surface area contributed by atoms with Crippen LogP contribution >= 0.6 is 0 Å². The van der Waals surface area contributed by atoms with Gasteiger partial charge in [0.05, 0.1) is 13.2 Å². The molecule has 4 fully saturated rings. The van der Waals surface area contributed by atoms with Gasteiger partial charge in [-0.25, -0.2) is 0 Å². The Balaban J connectivity index is 1.25. The van der Waals surface area contributed by atoms with Crippen molar-refractivity contribution >= 4 is 5.91 Å². The van der Waals surface area contributed by atoms with Gasteiger partial charge in [-0.15, -0.1) is 0 Å². The van der Waals surface area contributed by atoms with E-state index in [-0.39, 0.29) is 24.0 Å². The van der Waals surface area contributed by atoms with Crippen LogP contribution in [0.3, 0.4) is 0 Å². The maximum atomic E-state index is 13.3. The van der Waals surface area contributed by atoms with Gasteiger partial charge in [-0.2, -0.15) is 0 Å². The molecule has 1 aromatic carbocycles. The number of aliphatic hydroxyl groups is 1. The van der Waals surface area contributed by atoms with Crippen LogP contribution in [-0.4, -0.2) is 36.3 Å². The number of nitrogens with two attached hydrogens (primary N) is 1. The van der Waals surface area contributed by atoms with Crippen molar-refractivity contribution in [1.29, 1.82) is 0 Å². The molecular formula is C34H54N2O3. The number of carbonyl (C=O) groups is 1. The molecule has 5 rings (SSSR count). The quantitative estimate of drug-likeness (QED) is 0.337. The van der Waals surface area contributed by atoms with Crippen molar-refractivity contribution in [2.24, 2.45) is 52.1 Å². The lowest BCUT2D eigenvalue weighted by molar-refractivity contribution is -0.140.